The van der Waals surface area contributed by atoms with Crippen molar-refractivity contribution in [2.45, 2.75) is 5.16 Å². The Labute approximate surface area is 133 Å². The Morgan fingerprint density at radius 1 is 1.27 bits per heavy atom. The van der Waals surface area contributed by atoms with Gasteiger partial charge in [0.1, 0.15) is 0 Å². The van der Waals surface area contributed by atoms with Gasteiger partial charge in [-0.05, 0) is 19.2 Å². The molecular formula is C14H18N6OS. The van der Waals surface area contributed by atoms with Gasteiger partial charge in [0, 0.05) is 44.1 Å². The number of carbonyl (C=O) groups is 1. The predicted octanol–water partition coefficient (Wildman–Crippen LogP) is 0.733. The SMILES string of the molecule is CN1CCN(C(=O)CSc2n[nH]c(-c3ccncc3)n2)CC1. The molecule has 1 fully saturated rings. The van der Waals surface area contributed by atoms with E-state index in [1.54, 1.807) is 12.4 Å². The zero-order chi connectivity index (χ0) is 15.4. The maximum Gasteiger partial charge on any atom is 0.233 e. The lowest BCUT2D eigenvalue weighted by Gasteiger charge is -2.32. The molecule has 2 aromatic rings. The highest BCUT2D eigenvalue weighted by Gasteiger charge is 2.19. The first-order valence-electron chi connectivity index (χ1n) is 7.14. The molecule has 0 saturated carbocycles. The van der Waals surface area contributed by atoms with Gasteiger partial charge in [-0.3, -0.25) is 14.9 Å². The molecule has 1 saturated heterocycles. The number of aromatic nitrogens is 4. The third kappa shape index (κ3) is 3.63. The maximum atomic E-state index is 12.2. The van der Waals surface area contributed by atoms with Crippen LogP contribution >= 0.6 is 11.8 Å². The number of aromatic amines is 1. The number of hydrogen-bond donors (Lipinski definition) is 1. The molecule has 2 aromatic heterocycles. The number of rotatable bonds is 4. The van der Waals surface area contributed by atoms with Gasteiger partial charge in [-0.15, -0.1) is 5.10 Å². The number of piperazine rings is 1. The third-order valence-corrected chi connectivity index (χ3v) is 4.43. The van der Waals surface area contributed by atoms with Gasteiger partial charge < -0.3 is 9.80 Å². The number of nitrogens with one attached hydrogen (secondary N) is 1. The van der Waals surface area contributed by atoms with Gasteiger partial charge in [0.2, 0.25) is 11.1 Å². The van der Waals surface area contributed by atoms with E-state index in [2.05, 4.69) is 32.1 Å². The van der Waals surface area contributed by atoms with Crippen LogP contribution in [0.15, 0.2) is 29.7 Å². The van der Waals surface area contributed by atoms with E-state index in [4.69, 9.17) is 0 Å². The third-order valence-electron chi connectivity index (χ3n) is 3.60. The lowest BCUT2D eigenvalue weighted by atomic mass is 10.3. The molecule has 1 N–H and O–H groups in total. The quantitative estimate of drug-likeness (QED) is 0.838. The van der Waals surface area contributed by atoms with Crippen LogP contribution in [0.5, 0.6) is 0 Å². The largest absolute Gasteiger partial charge is 0.339 e. The Morgan fingerprint density at radius 3 is 2.73 bits per heavy atom. The van der Waals surface area contributed by atoms with Crippen molar-refractivity contribution in [2.24, 2.45) is 0 Å². The van der Waals surface area contributed by atoms with Crippen molar-refractivity contribution in [3.63, 3.8) is 0 Å². The van der Waals surface area contributed by atoms with Crippen molar-refractivity contribution in [1.29, 1.82) is 0 Å². The second-order valence-electron chi connectivity index (χ2n) is 5.18. The monoisotopic (exact) mass is 318 g/mol. The van der Waals surface area contributed by atoms with Crippen LogP contribution in [0.1, 0.15) is 0 Å². The lowest BCUT2D eigenvalue weighted by Crippen LogP contribution is -2.47. The van der Waals surface area contributed by atoms with Crippen LogP contribution in [0.25, 0.3) is 11.4 Å². The van der Waals surface area contributed by atoms with E-state index in [1.165, 1.54) is 11.8 Å². The number of pyridine rings is 1. The molecular weight excluding hydrogens is 300 g/mol. The van der Waals surface area contributed by atoms with Gasteiger partial charge in [-0.25, -0.2) is 4.98 Å². The summed E-state index contributed by atoms with van der Waals surface area (Å²) >= 11 is 1.36. The number of likely N-dealkylation sites (N-methyl/N-ethyl adjacent to an activating group) is 1. The fourth-order valence-corrected chi connectivity index (χ4v) is 2.92. The highest BCUT2D eigenvalue weighted by Crippen LogP contribution is 2.18. The average molecular weight is 318 g/mol. The standard InChI is InChI=1S/C14H18N6OS/c1-19-6-8-20(9-7-19)12(21)10-22-14-16-13(17-18-14)11-2-4-15-5-3-11/h2-5H,6-10H2,1H3,(H,16,17,18). The zero-order valence-electron chi connectivity index (χ0n) is 12.4. The van der Waals surface area contributed by atoms with Crippen molar-refractivity contribution in [3.05, 3.63) is 24.5 Å². The van der Waals surface area contributed by atoms with E-state index in [1.807, 2.05) is 17.0 Å². The van der Waals surface area contributed by atoms with E-state index in [0.717, 1.165) is 31.7 Å². The Balaban J connectivity index is 1.54. The molecule has 1 aliphatic heterocycles. The summed E-state index contributed by atoms with van der Waals surface area (Å²) in [6, 6.07) is 3.73. The fourth-order valence-electron chi connectivity index (χ4n) is 2.22. The second kappa shape index (κ2) is 6.89. The molecule has 7 nitrogen and oxygen atoms in total. The minimum Gasteiger partial charge on any atom is -0.339 e. The summed E-state index contributed by atoms with van der Waals surface area (Å²) in [7, 11) is 2.07. The summed E-state index contributed by atoms with van der Waals surface area (Å²) in [5.41, 5.74) is 0.930. The van der Waals surface area contributed by atoms with Gasteiger partial charge in [0.15, 0.2) is 5.82 Å². The Hall–Kier alpha value is -1.93. The van der Waals surface area contributed by atoms with Crippen molar-refractivity contribution >= 4 is 17.7 Å². The van der Waals surface area contributed by atoms with Crippen LogP contribution in [-0.2, 0) is 4.79 Å². The molecule has 0 unspecified atom stereocenters. The van der Waals surface area contributed by atoms with E-state index < -0.39 is 0 Å². The highest BCUT2D eigenvalue weighted by atomic mass is 32.2. The van der Waals surface area contributed by atoms with Gasteiger partial charge in [0.25, 0.3) is 0 Å². The number of amides is 1. The molecule has 1 amide bonds. The van der Waals surface area contributed by atoms with E-state index in [9.17, 15) is 4.79 Å². The summed E-state index contributed by atoms with van der Waals surface area (Å²) in [6.07, 6.45) is 3.42. The highest BCUT2D eigenvalue weighted by molar-refractivity contribution is 7.99. The van der Waals surface area contributed by atoms with Crippen molar-refractivity contribution < 1.29 is 4.79 Å². The number of H-pyrrole nitrogens is 1. The van der Waals surface area contributed by atoms with E-state index in [0.29, 0.717) is 16.7 Å². The van der Waals surface area contributed by atoms with Crippen LogP contribution in [0.3, 0.4) is 0 Å². The lowest BCUT2D eigenvalue weighted by molar-refractivity contribution is -0.129. The Bertz CT molecular complexity index is 623. The Kier molecular flexibility index (Phi) is 4.69. The van der Waals surface area contributed by atoms with Crippen molar-refractivity contribution in [1.82, 2.24) is 30.0 Å². The number of carbonyl (C=O) groups excluding carboxylic acids is 1. The summed E-state index contributed by atoms with van der Waals surface area (Å²) in [5, 5.41) is 7.63. The van der Waals surface area contributed by atoms with Crippen LogP contribution in [0, 0.1) is 0 Å². The topological polar surface area (TPSA) is 78.0 Å². The minimum absolute atomic E-state index is 0.147. The van der Waals surface area contributed by atoms with Crippen LogP contribution < -0.4 is 0 Å². The average Bonchev–Trinajstić information content (AvgIpc) is 3.03. The van der Waals surface area contributed by atoms with Gasteiger partial charge in [-0.2, -0.15) is 0 Å². The second-order valence-corrected chi connectivity index (χ2v) is 6.12. The first-order chi connectivity index (χ1) is 10.7. The molecule has 0 bridgehead atoms. The molecule has 3 heterocycles. The first kappa shape index (κ1) is 15.0. The summed E-state index contributed by atoms with van der Waals surface area (Å²) in [6.45, 7) is 3.46. The first-order valence-corrected chi connectivity index (χ1v) is 8.13. The van der Waals surface area contributed by atoms with Crippen LogP contribution in [-0.4, -0.2) is 74.9 Å². The summed E-state index contributed by atoms with van der Waals surface area (Å²) < 4.78 is 0. The fraction of sp³-hybridized carbons (Fsp3) is 0.429. The molecule has 0 aliphatic carbocycles. The molecule has 0 radical (unpaired) electrons. The number of thioether (sulfide) groups is 1. The van der Waals surface area contributed by atoms with Gasteiger partial charge in [0.05, 0.1) is 5.75 Å². The molecule has 8 heteroatoms. The smallest absolute Gasteiger partial charge is 0.233 e. The number of nitrogens with zero attached hydrogens (tertiary/aromatic N) is 5. The molecule has 0 aromatic carbocycles. The Morgan fingerprint density at radius 2 is 2.00 bits per heavy atom. The number of hydrogen-bond acceptors (Lipinski definition) is 6. The van der Waals surface area contributed by atoms with E-state index in [-0.39, 0.29) is 5.91 Å². The zero-order valence-corrected chi connectivity index (χ0v) is 13.2. The maximum absolute atomic E-state index is 12.2. The van der Waals surface area contributed by atoms with Gasteiger partial charge >= 0.3 is 0 Å². The van der Waals surface area contributed by atoms with Crippen molar-refractivity contribution in [3.8, 4) is 11.4 Å². The van der Waals surface area contributed by atoms with Gasteiger partial charge in [-0.1, -0.05) is 11.8 Å². The summed E-state index contributed by atoms with van der Waals surface area (Å²) in [4.78, 5) is 24.7. The molecule has 22 heavy (non-hydrogen) atoms. The van der Waals surface area contributed by atoms with E-state index >= 15 is 0 Å². The molecule has 3 rings (SSSR count). The van der Waals surface area contributed by atoms with Crippen LogP contribution in [0.2, 0.25) is 0 Å². The van der Waals surface area contributed by atoms with Crippen molar-refractivity contribution in [2.75, 3.05) is 39.0 Å². The normalized spacial score (nSPS) is 16.0. The molecule has 0 spiro atoms. The van der Waals surface area contributed by atoms with Crippen LogP contribution in [0.4, 0.5) is 0 Å². The molecule has 1 aliphatic rings. The minimum atomic E-state index is 0.147. The predicted molar refractivity (Wildman–Crippen MR) is 84.4 cm³/mol. The summed E-state index contributed by atoms with van der Waals surface area (Å²) in [5.74, 6) is 1.21. The molecule has 0 atom stereocenters. The molecule has 116 valence electrons.